The molecule has 0 saturated heterocycles. The molecule has 0 heterocycles. The summed E-state index contributed by atoms with van der Waals surface area (Å²) in [5.74, 6) is 0.391. The molecule has 1 atom stereocenters. The van der Waals surface area contributed by atoms with E-state index in [1.807, 2.05) is 0 Å². The molecule has 3 nitrogen and oxygen atoms in total. The van der Waals surface area contributed by atoms with Gasteiger partial charge in [-0.05, 0) is 38.2 Å². The van der Waals surface area contributed by atoms with Crippen LogP contribution < -0.4 is 10.1 Å². The number of ketones is 1. The average Bonchev–Trinajstić information content (AvgIpc) is 2.26. The first-order chi connectivity index (χ1) is 7.83. The highest BCUT2D eigenvalue weighted by atomic mass is 16.5. The highest BCUT2D eigenvalue weighted by Crippen LogP contribution is 2.12. The summed E-state index contributed by atoms with van der Waals surface area (Å²) in [6.45, 7) is -0.791. The molecule has 0 spiro atoms. The Morgan fingerprint density at radius 2 is 2.14 bits per heavy atom. The lowest BCUT2D eigenvalue weighted by Crippen LogP contribution is -2.30. The van der Waals surface area contributed by atoms with Crippen molar-refractivity contribution in [1.29, 1.82) is 0 Å². The first-order valence-electron chi connectivity index (χ1n) is 5.79. The summed E-state index contributed by atoms with van der Waals surface area (Å²) in [7, 11) is 1.54. The van der Waals surface area contributed by atoms with Crippen LogP contribution in [0.1, 0.15) is 21.4 Å². The van der Waals surface area contributed by atoms with Gasteiger partial charge in [-0.1, -0.05) is 0 Å². The number of carbonyl (C=O) groups excluding carboxylic acids is 1. The number of ether oxygens (including phenoxy) is 1. The summed E-state index contributed by atoms with van der Waals surface area (Å²) in [6, 6.07) is 5.79. The largest absolute Gasteiger partial charge is 0.497 e. The molecule has 0 bridgehead atoms. The standard InChI is InChI=1S/C11H15NO2/c1-8(12-2)11(13)9-4-6-10(14-3)7-5-9/h4-8,12H,1-3H3/i2D3. The molecule has 3 heteroatoms. The van der Waals surface area contributed by atoms with Crippen LogP contribution in [0.25, 0.3) is 0 Å². The van der Waals surface area contributed by atoms with E-state index >= 15 is 0 Å². The molecule has 1 rings (SSSR count). The molecule has 0 radical (unpaired) electrons. The highest BCUT2D eigenvalue weighted by molar-refractivity contribution is 5.99. The van der Waals surface area contributed by atoms with Crippen LogP contribution in [-0.4, -0.2) is 25.9 Å². The smallest absolute Gasteiger partial charge is 0.179 e. The van der Waals surface area contributed by atoms with E-state index in [4.69, 9.17) is 8.85 Å². The van der Waals surface area contributed by atoms with E-state index in [0.29, 0.717) is 11.3 Å². The van der Waals surface area contributed by atoms with Gasteiger partial charge in [-0.25, -0.2) is 0 Å². The monoisotopic (exact) mass is 196 g/mol. The van der Waals surface area contributed by atoms with Crippen molar-refractivity contribution in [3.05, 3.63) is 29.8 Å². The van der Waals surface area contributed by atoms with E-state index in [9.17, 15) is 4.79 Å². The second-order valence-electron chi connectivity index (χ2n) is 2.96. The van der Waals surface area contributed by atoms with Gasteiger partial charge in [0.1, 0.15) is 5.75 Å². The van der Waals surface area contributed by atoms with Crippen LogP contribution in [0, 0.1) is 0 Å². The van der Waals surface area contributed by atoms with E-state index in [1.54, 1.807) is 24.3 Å². The lowest BCUT2D eigenvalue weighted by molar-refractivity contribution is 0.0955. The maximum atomic E-state index is 11.9. The van der Waals surface area contributed by atoms with E-state index in [0.717, 1.165) is 0 Å². The lowest BCUT2D eigenvalue weighted by atomic mass is 10.1. The van der Waals surface area contributed by atoms with Crippen molar-refractivity contribution in [2.24, 2.45) is 0 Å². The summed E-state index contributed by atoms with van der Waals surface area (Å²) in [4.78, 5) is 11.9. The number of nitrogens with one attached hydrogen (secondary N) is 1. The van der Waals surface area contributed by atoms with Crippen LogP contribution >= 0.6 is 0 Å². The predicted molar refractivity (Wildman–Crippen MR) is 55.8 cm³/mol. The van der Waals surface area contributed by atoms with Crippen LogP contribution in [0.4, 0.5) is 0 Å². The predicted octanol–water partition coefficient (Wildman–Crippen LogP) is 1.49. The van der Waals surface area contributed by atoms with Gasteiger partial charge >= 0.3 is 0 Å². The third-order valence-electron chi connectivity index (χ3n) is 1.98. The zero-order chi connectivity index (χ0) is 13.1. The van der Waals surface area contributed by atoms with Gasteiger partial charge in [0.15, 0.2) is 5.78 Å². The number of hydrogen-bond acceptors (Lipinski definition) is 3. The Bertz CT molecular complexity index is 387. The van der Waals surface area contributed by atoms with Gasteiger partial charge < -0.3 is 10.1 Å². The molecule has 0 aromatic heterocycles. The topological polar surface area (TPSA) is 38.3 Å². The first-order valence-corrected chi connectivity index (χ1v) is 4.29. The molecule has 0 aliphatic heterocycles. The number of likely N-dealkylation sites (N-methyl/N-ethyl adjacent to an activating group) is 1. The summed E-state index contributed by atoms with van der Waals surface area (Å²) in [6.07, 6.45) is 0. The maximum Gasteiger partial charge on any atom is 0.179 e. The Morgan fingerprint density at radius 1 is 1.50 bits per heavy atom. The molecule has 76 valence electrons. The molecule has 1 aromatic rings. The number of methoxy groups -OCH3 is 1. The van der Waals surface area contributed by atoms with Crippen molar-refractivity contribution in [3.63, 3.8) is 0 Å². The van der Waals surface area contributed by atoms with Gasteiger partial charge in [0.2, 0.25) is 0 Å². The summed E-state index contributed by atoms with van der Waals surface area (Å²) < 4.78 is 26.1. The van der Waals surface area contributed by atoms with Crippen LogP contribution in [-0.2, 0) is 0 Å². The lowest BCUT2D eigenvalue weighted by Gasteiger charge is -2.08. The van der Waals surface area contributed by atoms with Crippen molar-refractivity contribution in [3.8, 4) is 5.75 Å². The van der Waals surface area contributed by atoms with Gasteiger partial charge in [-0.2, -0.15) is 0 Å². The van der Waals surface area contributed by atoms with Crippen molar-refractivity contribution in [2.75, 3.05) is 14.1 Å². The highest BCUT2D eigenvalue weighted by Gasteiger charge is 2.12. The Morgan fingerprint density at radius 3 is 2.64 bits per heavy atom. The van der Waals surface area contributed by atoms with Crippen LogP contribution in [0.15, 0.2) is 24.3 Å². The van der Waals surface area contributed by atoms with Gasteiger partial charge in [-0.15, -0.1) is 0 Å². The molecule has 0 aliphatic rings. The first kappa shape index (κ1) is 7.01. The van der Waals surface area contributed by atoms with Crippen molar-refractivity contribution in [1.82, 2.24) is 5.32 Å². The van der Waals surface area contributed by atoms with Crippen LogP contribution in [0.2, 0.25) is 0 Å². The Hall–Kier alpha value is -1.35. The van der Waals surface area contributed by atoms with Gasteiger partial charge in [0.25, 0.3) is 0 Å². The summed E-state index contributed by atoms with van der Waals surface area (Å²) in [5, 5.41) is 2.27. The molecule has 0 amide bonds. The number of benzene rings is 1. The fourth-order valence-electron chi connectivity index (χ4n) is 1.07. The molecule has 0 fully saturated rings. The SMILES string of the molecule is [2H]C([2H])([2H])NC(C)C(=O)c1ccc(OC)cc1. The molecule has 0 aliphatic carbocycles. The quantitative estimate of drug-likeness (QED) is 0.741. The van der Waals surface area contributed by atoms with Crippen molar-refractivity contribution >= 4 is 5.78 Å². The summed E-state index contributed by atoms with van der Waals surface area (Å²) >= 11 is 0. The van der Waals surface area contributed by atoms with E-state index in [-0.39, 0.29) is 5.78 Å². The second-order valence-corrected chi connectivity index (χ2v) is 2.96. The van der Waals surface area contributed by atoms with Gasteiger partial charge in [0.05, 0.1) is 13.2 Å². The number of carbonyl (C=O) groups is 1. The van der Waals surface area contributed by atoms with Crippen molar-refractivity contribution in [2.45, 2.75) is 13.0 Å². The van der Waals surface area contributed by atoms with Crippen LogP contribution in [0.3, 0.4) is 0 Å². The Balaban J connectivity index is 2.75. The van der Waals surface area contributed by atoms with Gasteiger partial charge in [0, 0.05) is 9.68 Å². The minimum absolute atomic E-state index is 0.260. The third kappa shape index (κ3) is 2.33. The van der Waals surface area contributed by atoms with E-state index in [1.165, 1.54) is 14.0 Å². The zero-order valence-electron chi connectivity index (χ0n) is 11.2. The van der Waals surface area contributed by atoms with E-state index < -0.39 is 13.0 Å². The molecule has 14 heavy (non-hydrogen) atoms. The Labute approximate surface area is 88.3 Å². The van der Waals surface area contributed by atoms with Gasteiger partial charge in [-0.3, -0.25) is 4.79 Å². The molecule has 1 unspecified atom stereocenters. The van der Waals surface area contributed by atoms with Crippen molar-refractivity contribution < 1.29 is 13.6 Å². The minimum atomic E-state index is -2.32. The molecule has 1 aromatic carbocycles. The number of Topliss-reactive ketones (excluding diaryl/α,β-unsaturated/α-hetero) is 1. The maximum absolute atomic E-state index is 11.9. The number of hydrogen-bond donors (Lipinski definition) is 1. The second kappa shape index (κ2) is 4.77. The molecule has 0 saturated carbocycles. The average molecular weight is 196 g/mol. The zero-order valence-corrected chi connectivity index (χ0v) is 8.20. The third-order valence-corrected chi connectivity index (χ3v) is 1.98. The molecule has 1 N–H and O–H groups in total. The Kier molecular flexibility index (Phi) is 2.39. The van der Waals surface area contributed by atoms with E-state index in [2.05, 4.69) is 5.32 Å². The minimum Gasteiger partial charge on any atom is -0.497 e. The fourth-order valence-corrected chi connectivity index (χ4v) is 1.07. The number of rotatable bonds is 4. The fraction of sp³-hybridized carbons (Fsp3) is 0.364. The summed E-state index contributed by atoms with van der Waals surface area (Å²) in [5.41, 5.74) is 0.454. The van der Waals surface area contributed by atoms with Crippen LogP contribution in [0.5, 0.6) is 5.75 Å². The molecular weight excluding hydrogens is 178 g/mol. The normalized spacial score (nSPS) is 16.3. The molecular formula is C11H15NO2.